The first-order valence-corrected chi connectivity index (χ1v) is 8.74. The lowest BCUT2D eigenvalue weighted by molar-refractivity contribution is 0.621. The van der Waals surface area contributed by atoms with Gasteiger partial charge in [-0.3, -0.25) is 0 Å². The highest BCUT2D eigenvalue weighted by Gasteiger charge is 2.25. The zero-order valence-electron chi connectivity index (χ0n) is 13.4. The SMILES string of the molecule is Cc1cccc(NC[C@H]2CCN(c3nn4cc(C)nc4s3)C2)n1. The molecule has 0 aromatic carbocycles. The molecule has 0 aliphatic carbocycles. The van der Waals surface area contributed by atoms with Gasteiger partial charge in [0.05, 0.1) is 11.9 Å². The minimum atomic E-state index is 0.621. The molecular weight excluding hydrogens is 308 g/mol. The highest BCUT2D eigenvalue weighted by atomic mass is 32.1. The second kappa shape index (κ2) is 5.81. The van der Waals surface area contributed by atoms with Gasteiger partial charge in [0.1, 0.15) is 5.82 Å². The summed E-state index contributed by atoms with van der Waals surface area (Å²) in [4.78, 5) is 12.3. The third-order valence-corrected chi connectivity index (χ3v) is 5.15. The van der Waals surface area contributed by atoms with Crippen LogP contribution in [0, 0.1) is 19.8 Å². The molecular formula is C16H20N6S. The molecule has 3 aromatic heterocycles. The molecule has 0 spiro atoms. The van der Waals surface area contributed by atoms with Crippen molar-refractivity contribution < 1.29 is 0 Å². The Labute approximate surface area is 139 Å². The molecule has 23 heavy (non-hydrogen) atoms. The van der Waals surface area contributed by atoms with Crippen LogP contribution >= 0.6 is 11.3 Å². The van der Waals surface area contributed by atoms with Gasteiger partial charge < -0.3 is 10.2 Å². The van der Waals surface area contributed by atoms with Crippen LogP contribution in [-0.2, 0) is 0 Å². The average molecular weight is 328 g/mol. The Morgan fingerprint density at radius 1 is 1.26 bits per heavy atom. The predicted octanol–water partition coefficient (Wildman–Crippen LogP) is 2.74. The van der Waals surface area contributed by atoms with E-state index >= 15 is 0 Å². The van der Waals surface area contributed by atoms with E-state index in [2.05, 4.69) is 25.3 Å². The Morgan fingerprint density at radius 2 is 2.17 bits per heavy atom. The predicted molar refractivity (Wildman–Crippen MR) is 93.4 cm³/mol. The molecule has 1 N–H and O–H groups in total. The first kappa shape index (κ1) is 14.4. The minimum Gasteiger partial charge on any atom is -0.370 e. The normalized spacial score (nSPS) is 18.0. The minimum absolute atomic E-state index is 0.621. The highest BCUT2D eigenvalue weighted by Crippen LogP contribution is 2.28. The molecule has 1 aliphatic rings. The number of pyridine rings is 1. The lowest BCUT2D eigenvalue weighted by atomic mass is 10.1. The zero-order valence-corrected chi connectivity index (χ0v) is 14.2. The van der Waals surface area contributed by atoms with E-state index < -0.39 is 0 Å². The Kier molecular flexibility index (Phi) is 3.65. The molecule has 1 fully saturated rings. The number of anilines is 2. The number of imidazole rings is 1. The van der Waals surface area contributed by atoms with Gasteiger partial charge in [-0.05, 0) is 38.3 Å². The zero-order chi connectivity index (χ0) is 15.8. The van der Waals surface area contributed by atoms with Gasteiger partial charge >= 0.3 is 0 Å². The first-order valence-electron chi connectivity index (χ1n) is 7.93. The smallest absolute Gasteiger partial charge is 0.214 e. The number of aryl methyl sites for hydroxylation is 2. The van der Waals surface area contributed by atoms with Crippen molar-refractivity contribution in [3.8, 4) is 0 Å². The Bertz CT molecular complexity index is 791. The highest BCUT2D eigenvalue weighted by molar-refractivity contribution is 7.20. The van der Waals surface area contributed by atoms with Crippen molar-refractivity contribution in [1.29, 1.82) is 0 Å². The van der Waals surface area contributed by atoms with E-state index in [9.17, 15) is 0 Å². The maximum atomic E-state index is 4.65. The number of nitrogens with zero attached hydrogens (tertiary/aromatic N) is 5. The summed E-state index contributed by atoms with van der Waals surface area (Å²) in [6, 6.07) is 6.08. The number of rotatable bonds is 4. The average Bonchev–Trinajstić information content (AvgIpc) is 3.19. The van der Waals surface area contributed by atoms with E-state index in [-0.39, 0.29) is 0 Å². The third-order valence-electron chi connectivity index (χ3n) is 4.17. The van der Waals surface area contributed by atoms with Crippen molar-refractivity contribution in [2.24, 2.45) is 5.92 Å². The van der Waals surface area contributed by atoms with E-state index in [1.165, 1.54) is 6.42 Å². The molecule has 1 atom stereocenters. The lowest BCUT2D eigenvalue weighted by Crippen LogP contribution is -2.22. The van der Waals surface area contributed by atoms with E-state index in [4.69, 9.17) is 0 Å². The topological polar surface area (TPSA) is 58.4 Å². The molecule has 3 aromatic rings. The molecule has 1 aliphatic heterocycles. The lowest BCUT2D eigenvalue weighted by Gasteiger charge is -2.15. The molecule has 0 unspecified atom stereocenters. The fraction of sp³-hybridized carbons (Fsp3) is 0.438. The van der Waals surface area contributed by atoms with Gasteiger partial charge in [-0.15, -0.1) is 5.10 Å². The Morgan fingerprint density at radius 3 is 3.00 bits per heavy atom. The molecule has 0 saturated carbocycles. The van der Waals surface area contributed by atoms with Crippen LogP contribution in [0.25, 0.3) is 4.96 Å². The third kappa shape index (κ3) is 3.01. The van der Waals surface area contributed by atoms with Gasteiger partial charge in [0.25, 0.3) is 0 Å². The summed E-state index contributed by atoms with van der Waals surface area (Å²) < 4.78 is 1.89. The number of aromatic nitrogens is 4. The van der Waals surface area contributed by atoms with Gasteiger partial charge in [-0.1, -0.05) is 17.4 Å². The fourth-order valence-corrected chi connectivity index (χ4v) is 3.95. The summed E-state index contributed by atoms with van der Waals surface area (Å²) in [5.41, 5.74) is 2.06. The summed E-state index contributed by atoms with van der Waals surface area (Å²) in [5.74, 6) is 1.59. The van der Waals surface area contributed by atoms with Crippen LogP contribution < -0.4 is 10.2 Å². The van der Waals surface area contributed by atoms with Crippen LogP contribution in [0.5, 0.6) is 0 Å². The van der Waals surface area contributed by atoms with E-state index in [0.717, 1.165) is 46.9 Å². The second-order valence-corrected chi connectivity index (χ2v) is 7.07. The van der Waals surface area contributed by atoms with Crippen molar-refractivity contribution in [3.05, 3.63) is 35.8 Å². The molecule has 120 valence electrons. The monoisotopic (exact) mass is 328 g/mol. The van der Waals surface area contributed by atoms with Crippen molar-refractivity contribution in [2.45, 2.75) is 20.3 Å². The molecule has 0 amide bonds. The number of nitrogens with one attached hydrogen (secondary N) is 1. The summed E-state index contributed by atoms with van der Waals surface area (Å²) in [6.45, 7) is 7.06. The summed E-state index contributed by atoms with van der Waals surface area (Å²) >= 11 is 1.67. The molecule has 1 saturated heterocycles. The first-order chi connectivity index (χ1) is 11.2. The quantitative estimate of drug-likeness (QED) is 0.798. The number of hydrogen-bond donors (Lipinski definition) is 1. The van der Waals surface area contributed by atoms with Crippen LogP contribution in [0.15, 0.2) is 24.4 Å². The van der Waals surface area contributed by atoms with Crippen LogP contribution in [0.2, 0.25) is 0 Å². The second-order valence-electron chi connectivity index (χ2n) is 6.14. The van der Waals surface area contributed by atoms with Crippen LogP contribution in [0.1, 0.15) is 17.8 Å². The van der Waals surface area contributed by atoms with Crippen molar-refractivity contribution >= 4 is 27.2 Å². The maximum Gasteiger partial charge on any atom is 0.214 e. The van der Waals surface area contributed by atoms with E-state index in [0.29, 0.717) is 5.92 Å². The van der Waals surface area contributed by atoms with Crippen molar-refractivity contribution in [3.63, 3.8) is 0 Å². The van der Waals surface area contributed by atoms with Gasteiger partial charge in [-0.25, -0.2) is 14.5 Å². The molecule has 6 nitrogen and oxygen atoms in total. The van der Waals surface area contributed by atoms with E-state index in [1.54, 1.807) is 11.3 Å². The standard InChI is InChI=1S/C16H20N6S/c1-11-4-3-5-14(18-11)17-8-13-6-7-21(10-13)16-20-22-9-12(2)19-15(22)23-16/h3-5,9,13H,6-8,10H2,1-2H3,(H,17,18)/t13-/m1/s1. The Hall–Kier alpha value is -2.15. The maximum absolute atomic E-state index is 4.65. The van der Waals surface area contributed by atoms with Crippen LogP contribution in [0.4, 0.5) is 10.9 Å². The van der Waals surface area contributed by atoms with Crippen molar-refractivity contribution in [1.82, 2.24) is 19.6 Å². The number of fused-ring (bicyclic) bond motifs is 1. The fourth-order valence-electron chi connectivity index (χ4n) is 2.99. The summed E-state index contributed by atoms with van der Waals surface area (Å²) in [6.07, 6.45) is 3.16. The molecule has 0 radical (unpaired) electrons. The molecule has 0 bridgehead atoms. The largest absolute Gasteiger partial charge is 0.370 e. The molecule has 4 rings (SSSR count). The molecule has 4 heterocycles. The van der Waals surface area contributed by atoms with Gasteiger partial charge in [0.15, 0.2) is 0 Å². The van der Waals surface area contributed by atoms with Crippen LogP contribution in [-0.4, -0.2) is 39.2 Å². The van der Waals surface area contributed by atoms with Gasteiger partial charge in [-0.2, -0.15) is 0 Å². The Balaban J connectivity index is 1.37. The van der Waals surface area contributed by atoms with E-state index in [1.807, 2.05) is 42.8 Å². The summed E-state index contributed by atoms with van der Waals surface area (Å²) in [7, 11) is 0. The number of hydrogen-bond acceptors (Lipinski definition) is 6. The molecule has 7 heteroatoms. The van der Waals surface area contributed by atoms with Gasteiger partial charge in [0, 0.05) is 25.3 Å². The van der Waals surface area contributed by atoms with Gasteiger partial charge in [0.2, 0.25) is 10.1 Å². The van der Waals surface area contributed by atoms with Crippen molar-refractivity contribution in [2.75, 3.05) is 29.9 Å². The van der Waals surface area contributed by atoms with Crippen LogP contribution in [0.3, 0.4) is 0 Å². The summed E-state index contributed by atoms with van der Waals surface area (Å²) in [5, 5.41) is 9.17.